The number of aliphatic carboxylic acids is 1. The van der Waals surface area contributed by atoms with Gasteiger partial charge in [0, 0.05) is 37.3 Å². The van der Waals surface area contributed by atoms with Gasteiger partial charge in [0.05, 0.1) is 38.0 Å². The molecule has 39 heavy (non-hydrogen) atoms. The van der Waals surface area contributed by atoms with Gasteiger partial charge in [-0.1, -0.05) is 11.6 Å². The molecular formula is C29H43N3O7. The maximum absolute atomic E-state index is 13.1. The van der Waals surface area contributed by atoms with Crippen LogP contribution in [-0.4, -0.2) is 85.9 Å². The van der Waals surface area contributed by atoms with Crippen molar-refractivity contribution in [3.05, 3.63) is 33.9 Å². The molecule has 1 aromatic rings. The number of cyclic esters (lactones) is 1. The van der Waals surface area contributed by atoms with Gasteiger partial charge in [0.15, 0.2) is 0 Å². The Bertz CT molecular complexity index is 1080. The van der Waals surface area contributed by atoms with E-state index >= 15 is 0 Å². The first-order valence-electron chi connectivity index (χ1n) is 13.9. The Hall–Kier alpha value is -3.11. The number of methoxy groups -OCH3 is 1. The molecule has 1 saturated heterocycles. The second-order valence-electron chi connectivity index (χ2n) is 10.1. The number of hydrogen-bond donors (Lipinski definition) is 2. The summed E-state index contributed by atoms with van der Waals surface area (Å²) in [5.41, 5.74) is 3.91. The van der Waals surface area contributed by atoms with Gasteiger partial charge in [-0.05, 0) is 65.0 Å². The van der Waals surface area contributed by atoms with Gasteiger partial charge >= 0.3 is 18.0 Å². The number of benzene rings is 1. The predicted octanol–water partition coefficient (Wildman–Crippen LogP) is 4.24. The van der Waals surface area contributed by atoms with Crippen LogP contribution in [0.15, 0.2) is 11.6 Å². The average molecular weight is 546 g/mol. The fourth-order valence-corrected chi connectivity index (χ4v) is 5.40. The molecule has 0 aromatic heterocycles. The van der Waals surface area contributed by atoms with Crippen molar-refractivity contribution in [2.24, 2.45) is 5.92 Å². The number of morpholine rings is 1. The number of carbonyl (C=O) groups is 3. The maximum atomic E-state index is 13.1. The fraction of sp³-hybridized carbons (Fsp3) is 0.621. The number of carbonyl (C=O) groups excluding carboxylic acids is 2. The van der Waals surface area contributed by atoms with Crippen molar-refractivity contribution in [1.82, 2.24) is 9.80 Å². The zero-order valence-corrected chi connectivity index (χ0v) is 23.9. The van der Waals surface area contributed by atoms with Crippen molar-refractivity contribution in [2.75, 3.05) is 58.4 Å². The first-order chi connectivity index (χ1) is 18.7. The Morgan fingerprint density at radius 3 is 2.54 bits per heavy atom. The van der Waals surface area contributed by atoms with Gasteiger partial charge in [-0.3, -0.25) is 9.69 Å². The number of nitrogens with zero attached hydrogens (tertiary/aromatic N) is 2. The summed E-state index contributed by atoms with van der Waals surface area (Å²) in [6.07, 6.45) is 4.05. The maximum Gasteiger partial charge on any atom is 0.341 e. The fourth-order valence-electron chi connectivity index (χ4n) is 5.40. The van der Waals surface area contributed by atoms with E-state index in [2.05, 4.69) is 10.2 Å². The summed E-state index contributed by atoms with van der Waals surface area (Å²) < 4.78 is 16.6. The molecule has 216 valence electrons. The smallest absolute Gasteiger partial charge is 0.341 e. The van der Waals surface area contributed by atoms with E-state index in [9.17, 15) is 19.5 Å². The third kappa shape index (κ3) is 7.51. The average Bonchev–Trinajstić information content (AvgIpc) is 3.31. The molecule has 0 aliphatic carbocycles. The van der Waals surface area contributed by atoms with Gasteiger partial charge < -0.3 is 29.5 Å². The summed E-state index contributed by atoms with van der Waals surface area (Å²) in [5.74, 6) is -0.837. The molecule has 0 radical (unpaired) electrons. The molecule has 0 spiro atoms. The van der Waals surface area contributed by atoms with Crippen molar-refractivity contribution in [1.29, 1.82) is 0 Å². The Labute approximate surface area is 231 Å². The van der Waals surface area contributed by atoms with Crippen molar-refractivity contribution < 1.29 is 33.7 Å². The molecule has 1 aromatic carbocycles. The SMILES string of the molecule is CCN(CC)C(=O)Nc1c(C/C=C(\C)C(CCCN2CCOCC2)CC(=O)O)c(OC)c(C)c2c1C(=O)OC2. The molecule has 10 heteroatoms. The van der Waals surface area contributed by atoms with Crippen LogP contribution in [0.25, 0.3) is 0 Å². The summed E-state index contributed by atoms with van der Waals surface area (Å²) in [7, 11) is 1.57. The molecule has 2 aliphatic heterocycles. The Kier molecular flexibility index (Phi) is 11.2. The van der Waals surface area contributed by atoms with Crippen LogP contribution in [-0.2, 0) is 27.3 Å². The van der Waals surface area contributed by atoms with Gasteiger partial charge in [-0.2, -0.15) is 0 Å². The molecule has 3 rings (SSSR count). The number of carboxylic acid groups (broad SMARTS) is 1. The molecule has 10 nitrogen and oxygen atoms in total. The lowest BCUT2D eigenvalue weighted by molar-refractivity contribution is -0.137. The number of nitrogens with one attached hydrogen (secondary N) is 1. The first kappa shape index (κ1) is 30.4. The molecule has 2 aliphatic rings. The minimum Gasteiger partial charge on any atom is -0.496 e. The normalized spacial score (nSPS) is 16.4. The number of ether oxygens (including phenoxy) is 3. The number of fused-ring (bicyclic) bond motifs is 1. The molecule has 2 N–H and O–H groups in total. The summed E-state index contributed by atoms with van der Waals surface area (Å²) in [6.45, 7) is 13.0. The number of rotatable bonds is 13. The summed E-state index contributed by atoms with van der Waals surface area (Å²) in [6, 6.07) is -0.304. The minimum absolute atomic E-state index is 0.0453. The number of urea groups is 1. The monoisotopic (exact) mass is 545 g/mol. The molecule has 2 heterocycles. The van der Waals surface area contributed by atoms with Gasteiger partial charge in [0.1, 0.15) is 12.4 Å². The predicted molar refractivity (Wildman–Crippen MR) is 148 cm³/mol. The zero-order chi connectivity index (χ0) is 28.5. The van der Waals surface area contributed by atoms with Gasteiger partial charge in [-0.15, -0.1) is 0 Å². The molecule has 0 bridgehead atoms. The quantitative estimate of drug-likeness (QED) is 0.279. The number of amides is 2. The van der Waals surface area contributed by atoms with Crippen LogP contribution in [0.5, 0.6) is 5.75 Å². The third-order valence-electron chi connectivity index (χ3n) is 7.78. The molecule has 1 unspecified atom stereocenters. The van der Waals surface area contributed by atoms with Crippen LogP contribution in [0, 0.1) is 12.8 Å². The number of allylic oxidation sites excluding steroid dienone is 2. The highest BCUT2D eigenvalue weighted by atomic mass is 16.5. The largest absolute Gasteiger partial charge is 0.496 e. The lowest BCUT2D eigenvalue weighted by Gasteiger charge is -2.27. The Morgan fingerprint density at radius 2 is 1.92 bits per heavy atom. The van der Waals surface area contributed by atoms with Gasteiger partial charge in [0.2, 0.25) is 0 Å². The highest BCUT2D eigenvalue weighted by molar-refractivity contribution is 6.05. The van der Waals surface area contributed by atoms with Gasteiger partial charge in [-0.25, -0.2) is 9.59 Å². The number of hydrogen-bond acceptors (Lipinski definition) is 7. The standard InChI is InChI=1S/C29H43N3O7/c1-6-32(7-2)29(36)30-26-22(27(37-5)20(4)23-18-39-28(35)25(23)26)11-10-19(3)21(17-24(33)34)9-8-12-31-13-15-38-16-14-31/h10,21H,6-9,11-18H2,1-5H3,(H,30,36)(H,33,34)/b19-10+. The van der Waals surface area contributed by atoms with E-state index in [1.165, 1.54) is 0 Å². The second kappa shape index (κ2) is 14.3. The Balaban J connectivity index is 1.91. The van der Waals surface area contributed by atoms with E-state index in [1.54, 1.807) is 12.0 Å². The highest BCUT2D eigenvalue weighted by Gasteiger charge is 2.33. The minimum atomic E-state index is -0.833. The van der Waals surface area contributed by atoms with E-state index < -0.39 is 11.9 Å². The van der Waals surface area contributed by atoms with E-state index in [1.807, 2.05) is 33.8 Å². The van der Waals surface area contributed by atoms with Crippen molar-refractivity contribution in [3.8, 4) is 5.75 Å². The molecular weight excluding hydrogens is 502 g/mol. The van der Waals surface area contributed by atoms with E-state index in [-0.39, 0.29) is 25.0 Å². The number of carboxylic acids is 1. The summed E-state index contributed by atoms with van der Waals surface area (Å²) >= 11 is 0. The third-order valence-corrected chi connectivity index (χ3v) is 7.78. The lowest BCUT2D eigenvalue weighted by atomic mass is 9.89. The van der Waals surface area contributed by atoms with Crippen LogP contribution in [0.4, 0.5) is 10.5 Å². The Morgan fingerprint density at radius 1 is 1.23 bits per heavy atom. The lowest BCUT2D eigenvalue weighted by Crippen LogP contribution is -2.37. The van der Waals surface area contributed by atoms with Crippen molar-refractivity contribution >= 4 is 23.7 Å². The van der Waals surface area contributed by atoms with Crippen LogP contribution in [0.3, 0.4) is 0 Å². The van der Waals surface area contributed by atoms with E-state index in [0.29, 0.717) is 47.6 Å². The highest BCUT2D eigenvalue weighted by Crippen LogP contribution is 2.41. The van der Waals surface area contributed by atoms with Crippen molar-refractivity contribution in [2.45, 2.75) is 60.0 Å². The molecule has 1 atom stereocenters. The van der Waals surface area contributed by atoms with Crippen molar-refractivity contribution in [3.63, 3.8) is 0 Å². The molecule has 2 amide bonds. The summed E-state index contributed by atoms with van der Waals surface area (Å²) in [4.78, 5) is 41.5. The van der Waals surface area contributed by atoms with E-state index in [0.717, 1.165) is 56.8 Å². The van der Waals surface area contributed by atoms with Crippen LogP contribution >= 0.6 is 0 Å². The molecule has 1 fully saturated rings. The van der Waals surface area contributed by atoms with Gasteiger partial charge in [0.25, 0.3) is 0 Å². The first-order valence-corrected chi connectivity index (χ1v) is 13.9. The van der Waals surface area contributed by atoms with Crippen LogP contribution < -0.4 is 10.1 Å². The number of anilines is 1. The summed E-state index contributed by atoms with van der Waals surface area (Å²) in [5, 5.41) is 12.6. The second-order valence-corrected chi connectivity index (χ2v) is 10.1. The van der Waals surface area contributed by atoms with Crippen LogP contribution in [0.2, 0.25) is 0 Å². The topological polar surface area (TPSA) is 118 Å². The van der Waals surface area contributed by atoms with Crippen LogP contribution in [0.1, 0.15) is 67.1 Å². The molecule has 0 saturated carbocycles. The van der Waals surface area contributed by atoms with E-state index in [4.69, 9.17) is 14.2 Å². The zero-order valence-electron chi connectivity index (χ0n) is 23.9. The number of esters is 1.